The molecule has 0 unspecified atom stereocenters. The van der Waals surface area contributed by atoms with Crippen molar-refractivity contribution in [3.8, 4) is 22.7 Å². The Labute approximate surface area is 190 Å². The molecule has 0 aliphatic carbocycles. The van der Waals surface area contributed by atoms with E-state index in [2.05, 4.69) is 32.1 Å². The molecular formula is C24H25FN6O2. The Morgan fingerprint density at radius 1 is 1.09 bits per heavy atom. The molecular weight excluding hydrogens is 423 g/mol. The molecule has 170 valence electrons. The van der Waals surface area contributed by atoms with Gasteiger partial charge in [0.15, 0.2) is 0 Å². The highest BCUT2D eigenvalue weighted by molar-refractivity contribution is 5.90. The highest BCUT2D eigenvalue weighted by atomic mass is 19.1. The number of nitrogens with one attached hydrogen (secondary N) is 1. The molecule has 9 heteroatoms. The number of aromatic nitrogens is 4. The lowest BCUT2D eigenvalue weighted by Gasteiger charge is -2.34. The number of nitrogens with zero attached hydrogens (tertiary/aromatic N) is 5. The van der Waals surface area contributed by atoms with Crippen LogP contribution >= 0.6 is 0 Å². The summed E-state index contributed by atoms with van der Waals surface area (Å²) in [5.41, 5.74) is 3.67. The average molecular weight is 449 g/mol. The van der Waals surface area contributed by atoms with Gasteiger partial charge in [0.05, 0.1) is 18.3 Å². The molecule has 5 rings (SSSR count). The zero-order valence-corrected chi connectivity index (χ0v) is 18.8. The monoisotopic (exact) mass is 448 g/mol. The van der Waals surface area contributed by atoms with Crippen molar-refractivity contribution in [2.75, 3.05) is 45.2 Å². The fourth-order valence-corrected chi connectivity index (χ4v) is 4.27. The number of H-pyrrole nitrogens is 1. The zero-order valence-electron chi connectivity index (χ0n) is 18.8. The van der Waals surface area contributed by atoms with Gasteiger partial charge in [0, 0.05) is 37.8 Å². The first-order chi connectivity index (χ1) is 16.0. The van der Waals surface area contributed by atoms with Crippen LogP contribution in [0.4, 0.5) is 10.1 Å². The second-order valence-corrected chi connectivity index (χ2v) is 8.31. The Bertz CT molecular complexity index is 1370. The summed E-state index contributed by atoms with van der Waals surface area (Å²) in [6.07, 6.45) is 0. The molecule has 3 heterocycles. The number of para-hydroxylation sites is 1. The molecule has 8 nitrogen and oxygen atoms in total. The summed E-state index contributed by atoms with van der Waals surface area (Å²) in [7, 11) is 3.77. The second-order valence-electron chi connectivity index (χ2n) is 8.31. The lowest BCUT2D eigenvalue weighted by molar-refractivity contribution is 0.311. The van der Waals surface area contributed by atoms with Crippen molar-refractivity contribution in [3.63, 3.8) is 0 Å². The van der Waals surface area contributed by atoms with Crippen molar-refractivity contribution in [2.24, 2.45) is 0 Å². The minimum Gasteiger partial charge on any atom is -0.495 e. The molecule has 1 fully saturated rings. The predicted octanol–water partition coefficient (Wildman–Crippen LogP) is 2.98. The van der Waals surface area contributed by atoms with Crippen molar-refractivity contribution in [1.29, 1.82) is 0 Å². The number of rotatable bonds is 4. The zero-order chi connectivity index (χ0) is 23.1. The minimum absolute atomic E-state index is 0.138. The molecule has 0 spiro atoms. The third kappa shape index (κ3) is 3.74. The number of hydrogen-bond acceptors (Lipinski definition) is 6. The van der Waals surface area contributed by atoms with E-state index in [1.807, 2.05) is 18.2 Å². The third-order valence-electron chi connectivity index (χ3n) is 6.14. The quantitative estimate of drug-likeness (QED) is 0.517. The fourth-order valence-electron chi connectivity index (χ4n) is 4.27. The molecule has 0 amide bonds. The number of likely N-dealkylation sites (N-methyl/N-ethyl adjacent to an activating group) is 1. The summed E-state index contributed by atoms with van der Waals surface area (Å²) in [5.74, 6) is 0.235. The van der Waals surface area contributed by atoms with E-state index >= 15 is 0 Å². The number of ether oxygens (including phenoxy) is 1. The number of aromatic amines is 1. The van der Waals surface area contributed by atoms with Crippen molar-refractivity contribution in [1.82, 2.24) is 24.9 Å². The van der Waals surface area contributed by atoms with Crippen LogP contribution in [0.2, 0.25) is 0 Å². The molecule has 1 aliphatic rings. The molecule has 1 saturated heterocycles. The van der Waals surface area contributed by atoms with Gasteiger partial charge in [-0.2, -0.15) is 14.9 Å². The van der Waals surface area contributed by atoms with Crippen LogP contribution in [0.15, 0.2) is 47.3 Å². The number of aryl methyl sites for hydroxylation is 1. The molecule has 1 N–H and O–H groups in total. The van der Waals surface area contributed by atoms with Gasteiger partial charge in [-0.3, -0.25) is 9.89 Å². The normalized spacial score (nSPS) is 14.7. The van der Waals surface area contributed by atoms with Crippen molar-refractivity contribution < 1.29 is 9.13 Å². The standard InChI is InChI=1S/C24H25FN6O2/c1-15-5-4-6-17(25)24(15)31-21(32)14-18-23(28-31)22(27-26-18)16-7-8-19(20(13-16)33-3)30-11-9-29(2)10-12-30/h4-8,13-14,26H,9-12H2,1-3H3. The van der Waals surface area contributed by atoms with Gasteiger partial charge >= 0.3 is 0 Å². The van der Waals surface area contributed by atoms with Crippen LogP contribution in [0.3, 0.4) is 0 Å². The van der Waals surface area contributed by atoms with Crippen LogP contribution in [0.1, 0.15) is 5.56 Å². The summed E-state index contributed by atoms with van der Waals surface area (Å²) in [5, 5.41) is 11.8. The van der Waals surface area contributed by atoms with Gasteiger partial charge in [-0.1, -0.05) is 18.2 Å². The van der Waals surface area contributed by atoms with E-state index in [4.69, 9.17) is 4.74 Å². The predicted molar refractivity (Wildman–Crippen MR) is 126 cm³/mol. The molecule has 1 aliphatic heterocycles. The molecule has 0 bridgehead atoms. The van der Waals surface area contributed by atoms with Crippen LogP contribution in [-0.2, 0) is 0 Å². The lowest BCUT2D eigenvalue weighted by Crippen LogP contribution is -2.44. The topological polar surface area (TPSA) is 79.3 Å². The summed E-state index contributed by atoms with van der Waals surface area (Å²) in [6.45, 7) is 5.58. The summed E-state index contributed by atoms with van der Waals surface area (Å²) in [4.78, 5) is 17.3. The highest BCUT2D eigenvalue weighted by Crippen LogP contribution is 2.35. The second kappa shape index (κ2) is 8.32. The largest absolute Gasteiger partial charge is 0.495 e. The number of piperazine rings is 1. The number of methoxy groups -OCH3 is 1. The van der Waals surface area contributed by atoms with Crippen LogP contribution in [0.5, 0.6) is 5.75 Å². The first-order valence-electron chi connectivity index (χ1n) is 10.8. The van der Waals surface area contributed by atoms with E-state index in [0.29, 0.717) is 22.3 Å². The summed E-state index contributed by atoms with van der Waals surface area (Å²) >= 11 is 0. The van der Waals surface area contributed by atoms with Gasteiger partial charge in [0.2, 0.25) is 0 Å². The molecule has 0 radical (unpaired) electrons. The smallest absolute Gasteiger partial charge is 0.273 e. The van der Waals surface area contributed by atoms with Gasteiger partial charge in [-0.05, 0) is 37.7 Å². The molecule has 4 aromatic rings. The summed E-state index contributed by atoms with van der Waals surface area (Å²) in [6, 6.07) is 12.0. The fraction of sp³-hybridized carbons (Fsp3) is 0.292. The highest BCUT2D eigenvalue weighted by Gasteiger charge is 2.20. The maximum absolute atomic E-state index is 14.6. The molecule has 33 heavy (non-hydrogen) atoms. The van der Waals surface area contributed by atoms with E-state index in [1.54, 1.807) is 26.2 Å². The van der Waals surface area contributed by atoms with E-state index in [9.17, 15) is 9.18 Å². The van der Waals surface area contributed by atoms with E-state index < -0.39 is 11.4 Å². The maximum atomic E-state index is 14.6. The number of benzene rings is 2. The number of halogens is 1. The van der Waals surface area contributed by atoms with E-state index in [1.165, 1.54) is 12.1 Å². The lowest BCUT2D eigenvalue weighted by atomic mass is 10.1. The van der Waals surface area contributed by atoms with Crippen molar-refractivity contribution in [3.05, 3.63) is 64.2 Å². The molecule has 2 aromatic carbocycles. The van der Waals surface area contributed by atoms with Crippen LogP contribution in [0, 0.1) is 12.7 Å². The van der Waals surface area contributed by atoms with Crippen LogP contribution < -0.4 is 15.2 Å². The third-order valence-corrected chi connectivity index (χ3v) is 6.14. The Morgan fingerprint density at radius 3 is 2.61 bits per heavy atom. The molecule has 0 atom stereocenters. The Kier molecular flexibility index (Phi) is 5.33. The van der Waals surface area contributed by atoms with E-state index in [0.717, 1.165) is 47.9 Å². The van der Waals surface area contributed by atoms with Gasteiger partial charge in [0.1, 0.15) is 28.5 Å². The maximum Gasteiger partial charge on any atom is 0.273 e. The van der Waals surface area contributed by atoms with Crippen LogP contribution in [-0.4, -0.2) is 65.2 Å². The van der Waals surface area contributed by atoms with Crippen LogP contribution in [0.25, 0.3) is 28.0 Å². The minimum atomic E-state index is -0.507. The van der Waals surface area contributed by atoms with Crippen molar-refractivity contribution in [2.45, 2.75) is 6.92 Å². The number of anilines is 1. The molecule has 2 aromatic heterocycles. The average Bonchev–Trinajstić information content (AvgIpc) is 3.22. The SMILES string of the molecule is COc1cc(-c2n[nH]c3cc(=O)n(-c4c(C)cccc4F)nc23)ccc1N1CCN(C)CC1. The van der Waals surface area contributed by atoms with Gasteiger partial charge in [-0.15, -0.1) is 0 Å². The van der Waals surface area contributed by atoms with E-state index in [-0.39, 0.29) is 5.69 Å². The molecule has 0 saturated carbocycles. The van der Waals surface area contributed by atoms with Gasteiger partial charge in [0.25, 0.3) is 5.56 Å². The summed E-state index contributed by atoms with van der Waals surface area (Å²) < 4.78 is 21.4. The van der Waals surface area contributed by atoms with Crippen molar-refractivity contribution >= 4 is 16.7 Å². The number of hydrogen-bond donors (Lipinski definition) is 1. The first-order valence-corrected chi connectivity index (χ1v) is 10.8. The van der Waals surface area contributed by atoms with Gasteiger partial charge in [-0.25, -0.2) is 4.39 Å². The first kappa shape index (κ1) is 21.1. The van der Waals surface area contributed by atoms with Gasteiger partial charge < -0.3 is 14.5 Å². The Hall–Kier alpha value is -3.72. The Balaban J connectivity index is 1.60. The number of fused-ring (bicyclic) bond motifs is 1. The Morgan fingerprint density at radius 2 is 1.88 bits per heavy atom.